The Morgan fingerprint density at radius 2 is 2.30 bits per heavy atom. The van der Waals surface area contributed by atoms with E-state index in [0.29, 0.717) is 0 Å². The number of hydrogen-bond donors (Lipinski definition) is 1. The van der Waals surface area contributed by atoms with Crippen molar-refractivity contribution in [3.05, 3.63) is 57.5 Å². The zero-order valence-electron chi connectivity index (χ0n) is 10.8. The number of nitrogens with zero attached hydrogens (tertiary/aromatic N) is 2. The second kappa shape index (κ2) is 5.63. The van der Waals surface area contributed by atoms with Crippen LogP contribution >= 0.6 is 27.3 Å². The fourth-order valence-corrected chi connectivity index (χ4v) is 3.45. The van der Waals surface area contributed by atoms with Crippen LogP contribution in [0.1, 0.15) is 17.3 Å². The van der Waals surface area contributed by atoms with Gasteiger partial charge in [0.15, 0.2) is 4.96 Å². The molecule has 1 aromatic carbocycles. The predicted molar refractivity (Wildman–Crippen MR) is 82.7 cm³/mol. The van der Waals surface area contributed by atoms with E-state index in [9.17, 15) is 4.39 Å². The van der Waals surface area contributed by atoms with Gasteiger partial charge in [-0.1, -0.05) is 15.9 Å². The second-order valence-corrected chi connectivity index (χ2v) is 6.36. The quantitative estimate of drug-likeness (QED) is 0.772. The minimum Gasteiger partial charge on any atom is -0.313 e. The van der Waals surface area contributed by atoms with E-state index in [2.05, 4.69) is 26.2 Å². The second-order valence-electron chi connectivity index (χ2n) is 4.57. The summed E-state index contributed by atoms with van der Waals surface area (Å²) in [5, 5.41) is 5.23. The molecule has 20 heavy (non-hydrogen) atoms. The molecule has 3 aromatic rings. The smallest absolute Gasteiger partial charge is 0.193 e. The molecule has 0 saturated carbocycles. The molecule has 1 atom stereocenters. The highest BCUT2D eigenvalue weighted by Crippen LogP contribution is 2.23. The van der Waals surface area contributed by atoms with Crippen LogP contribution in [-0.2, 0) is 6.42 Å². The summed E-state index contributed by atoms with van der Waals surface area (Å²) in [7, 11) is 1.88. The third kappa shape index (κ3) is 2.77. The third-order valence-electron chi connectivity index (χ3n) is 3.19. The third-order valence-corrected chi connectivity index (χ3v) is 4.42. The number of rotatable bonds is 4. The summed E-state index contributed by atoms with van der Waals surface area (Å²) in [6.07, 6.45) is 4.73. The number of aromatic nitrogens is 2. The molecule has 0 fully saturated rings. The van der Waals surface area contributed by atoms with Gasteiger partial charge in [-0.05, 0) is 30.8 Å². The van der Waals surface area contributed by atoms with Crippen molar-refractivity contribution in [2.24, 2.45) is 0 Å². The molecule has 0 aliphatic heterocycles. The van der Waals surface area contributed by atoms with Crippen molar-refractivity contribution in [1.82, 2.24) is 14.7 Å². The molecule has 0 amide bonds. The number of benzene rings is 1. The van der Waals surface area contributed by atoms with Crippen LogP contribution in [0.3, 0.4) is 0 Å². The highest BCUT2D eigenvalue weighted by atomic mass is 79.9. The van der Waals surface area contributed by atoms with E-state index in [-0.39, 0.29) is 11.9 Å². The summed E-state index contributed by atoms with van der Waals surface area (Å²) >= 11 is 4.94. The standard InChI is InChI=1S/C14H13BrFN3S/c1-17-13(9-4-10(15)6-11(16)5-9)7-12-8-19-2-3-20-14(19)18-12/h2-6,8,13,17H,7H2,1H3. The molecule has 1 N–H and O–H groups in total. The maximum Gasteiger partial charge on any atom is 0.193 e. The first-order valence-corrected chi connectivity index (χ1v) is 7.87. The van der Waals surface area contributed by atoms with Gasteiger partial charge < -0.3 is 5.32 Å². The number of halogens is 2. The SMILES string of the molecule is CNC(Cc1cn2ccsc2n1)c1cc(F)cc(Br)c1. The van der Waals surface area contributed by atoms with Gasteiger partial charge in [-0.2, -0.15) is 0 Å². The first-order valence-electron chi connectivity index (χ1n) is 6.20. The van der Waals surface area contributed by atoms with E-state index < -0.39 is 0 Å². The van der Waals surface area contributed by atoms with Gasteiger partial charge in [0.1, 0.15) is 5.82 Å². The minimum absolute atomic E-state index is 0.0339. The number of imidazole rings is 1. The molecule has 0 aliphatic rings. The van der Waals surface area contributed by atoms with E-state index in [4.69, 9.17) is 0 Å². The average Bonchev–Trinajstić information content (AvgIpc) is 2.95. The van der Waals surface area contributed by atoms with Crippen LogP contribution in [0.5, 0.6) is 0 Å². The van der Waals surface area contributed by atoms with E-state index in [1.165, 1.54) is 6.07 Å². The zero-order valence-corrected chi connectivity index (χ0v) is 13.2. The lowest BCUT2D eigenvalue weighted by Crippen LogP contribution is -2.19. The summed E-state index contributed by atoms with van der Waals surface area (Å²) in [4.78, 5) is 5.55. The fraction of sp³-hybridized carbons (Fsp3) is 0.214. The molecule has 1 unspecified atom stereocenters. The van der Waals surface area contributed by atoms with Gasteiger partial charge in [0, 0.05) is 34.7 Å². The van der Waals surface area contributed by atoms with Crippen molar-refractivity contribution < 1.29 is 4.39 Å². The largest absolute Gasteiger partial charge is 0.313 e. The highest BCUT2D eigenvalue weighted by Gasteiger charge is 2.14. The summed E-state index contributed by atoms with van der Waals surface area (Å²) in [6.45, 7) is 0. The predicted octanol–water partition coefficient (Wildman–Crippen LogP) is 3.80. The van der Waals surface area contributed by atoms with Crippen LogP contribution < -0.4 is 5.32 Å². The lowest BCUT2D eigenvalue weighted by Gasteiger charge is -2.16. The minimum atomic E-state index is -0.236. The van der Waals surface area contributed by atoms with Gasteiger partial charge in [0.2, 0.25) is 0 Å². The van der Waals surface area contributed by atoms with Crippen LogP contribution in [-0.4, -0.2) is 16.4 Å². The van der Waals surface area contributed by atoms with Gasteiger partial charge in [-0.3, -0.25) is 4.40 Å². The first-order chi connectivity index (χ1) is 9.65. The van der Waals surface area contributed by atoms with Crippen LogP contribution in [0.25, 0.3) is 4.96 Å². The average molecular weight is 354 g/mol. The number of hydrogen-bond acceptors (Lipinski definition) is 3. The Labute approximate surface area is 128 Å². The lowest BCUT2D eigenvalue weighted by molar-refractivity contribution is 0.572. The number of nitrogens with one attached hydrogen (secondary N) is 1. The summed E-state index contributed by atoms with van der Waals surface area (Å²) in [5.41, 5.74) is 1.91. The molecule has 0 aliphatic carbocycles. The van der Waals surface area contributed by atoms with E-state index in [0.717, 1.165) is 27.1 Å². The van der Waals surface area contributed by atoms with Gasteiger partial charge in [0.05, 0.1) is 5.69 Å². The number of fused-ring (bicyclic) bond motifs is 1. The number of thiazole rings is 1. The van der Waals surface area contributed by atoms with Crippen LogP contribution in [0.15, 0.2) is 40.4 Å². The van der Waals surface area contributed by atoms with Gasteiger partial charge >= 0.3 is 0 Å². The molecule has 104 valence electrons. The Balaban J connectivity index is 1.87. The van der Waals surface area contributed by atoms with E-state index in [1.54, 1.807) is 17.4 Å². The molecule has 3 nitrogen and oxygen atoms in total. The fourth-order valence-electron chi connectivity index (χ4n) is 2.25. The van der Waals surface area contributed by atoms with Crippen LogP contribution in [0, 0.1) is 5.82 Å². The molecular weight excluding hydrogens is 341 g/mol. The van der Waals surface area contributed by atoms with Gasteiger partial charge in [0.25, 0.3) is 0 Å². The Bertz CT molecular complexity index is 688. The molecule has 0 saturated heterocycles. The molecule has 0 bridgehead atoms. The van der Waals surface area contributed by atoms with Crippen molar-refractivity contribution in [2.75, 3.05) is 7.05 Å². The highest BCUT2D eigenvalue weighted by molar-refractivity contribution is 9.10. The Morgan fingerprint density at radius 3 is 3.00 bits per heavy atom. The van der Waals surface area contributed by atoms with E-state index >= 15 is 0 Å². The van der Waals surface area contributed by atoms with E-state index in [1.807, 2.05) is 35.3 Å². The van der Waals surface area contributed by atoms with Crippen molar-refractivity contribution in [1.29, 1.82) is 0 Å². The van der Waals surface area contributed by atoms with Crippen molar-refractivity contribution >= 4 is 32.2 Å². The van der Waals surface area contributed by atoms with Crippen molar-refractivity contribution in [3.63, 3.8) is 0 Å². The molecule has 6 heteroatoms. The normalized spacial score (nSPS) is 12.9. The van der Waals surface area contributed by atoms with Crippen molar-refractivity contribution in [2.45, 2.75) is 12.5 Å². The Morgan fingerprint density at radius 1 is 1.45 bits per heavy atom. The topological polar surface area (TPSA) is 29.3 Å². The van der Waals surface area contributed by atoms with Crippen LogP contribution in [0.2, 0.25) is 0 Å². The maximum absolute atomic E-state index is 13.5. The molecular formula is C14H13BrFN3S. The summed E-state index contributed by atoms with van der Waals surface area (Å²) in [6, 6.07) is 4.99. The molecule has 0 radical (unpaired) electrons. The van der Waals surface area contributed by atoms with Crippen molar-refractivity contribution in [3.8, 4) is 0 Å². The lowest BCUT2D eigenvalue weighted by atomic mass is 10.0. The molecule has 3 rings (SSSR count). The zero-order chi connectivity index (χ0) is 14.1. The molecule has 2 heterocycles. The molecule has 0 spiro atoms. The first kappa shape index (κ1) is 13.7. The van der Waals surface area contributed by atoms with Crippen LogP contribution in [0.4, 0.5) is 4.39 Å². The monoisotopic (exact) mass is 353 g/mol. The van der Waals surface area contributed by atoms with Gasteiger partial charge in [-0.15, -0.1) is 11.3 Å². The molecule has 2 aromatic heterocycles. The van der Waals surface area contributed by atoms with Gasteiger partial charge in [-0.25, -0.2) is 9.37 Å². The Hall–Kier alpha value is -1.24. The summed E-state index contributed by atoms with van der Waals surface area (Å²) in [5.74, 6) is -0.236. The number of likely N-dealkylation sites (N-methyl/N-ethyl adjacent to an activating group) is 1. The Kier molecular flexibility index (Phi) is 3.87. The maximum atomic E-state index is 13.5. The summed E-state index contributed by atoms with van der Waals surface area (Å²) < 4.78 is 16.3.